The smallest absolute Gasteiger partial charge is 0.164 e. The third-order valence-electron chi connectivity index (χ3n) is 10.7. The Morgan fingerprint density at radius 3 is 1.85 bits per heavy atom. The fourth-order valence-electron chi connectivity index (χ4n) is 8.13. The van der Waals surface area contributed by atoms with Gasteiger partial charge in [0.1, 0.15) is 11.0 Å². The fourth-order valence-corrected chi connectivity index (χ4v) is 8.13. The molecule has 1 aliphatic rings. The van der Waals surface area contributed by atoms with Crippen molar-refractivity contribution in [2.75, 3.05) is 0 Å². The minimum absolute atomic E-state index is 0.649. The van der Waals surface area contributed by atoms with E-state index in [2.05, 4.69) is 150 Å². The summed E-state index contributed by atoms with van der Waals surface area (Å²) in [6.07, 6.45) is 3.84. The van der Waals surface area contributed by atoms with E-state index >= 15 is 0 Å². The van der Waals surface area contributed by atoms with Crippen LogP contribution in [0.25, 0.3) is 94.8 Å². The molecule has 0 radical (unpaired) electrons. The quantitative estimate of drug-likeness (QED) is 0.180. The molecule has 0 unspecified atom stereocenters. The molecule has 5 heteroatoms. The van der Waals surface area contributed by atoms with Crippen LogP contribution in [0.3, 0.4) is 0 Å². The van der Waals surface area contributed by atoms with Gasteiger partial charge in [-0.3, -0.25) is 0 Å². The summed E-state index contributed by atoms with van der Waals surface area (Å²) >= 11 is 0. The van der Waals surface area contributed by atoms with Gasteiger partial charge < -0.3 is 8.98 Å². The van der Waals surface area contributed by atoms with Gasteiger partial charge in [0.2, 0.25) is 0 Å². The third-order valence-corrected chi connectivity index (χ3v) is 10.7. The van der Waals surface area contributed by atoms with Crippen molar-refractivity contribution in [2.45, 2.75) is 12.8 Å². The monoisotopic (exact) mass is 692 g/mol. The summed E-state index contributed by atoms with van der Waals surface area (Å²) in [6, 6.07) is 57.5. The van der Waals surface area contributed by atoms with Gasteiger partial charge in [-0.05, 0) is 71.1 Å². The molecule has 3 heterocycles. The fraction of sp³-hybridized carbons (Fsp3) is 0.0408. The number of nitrogens with zero attached hydrogens (tertiary/aromatic N) is 4. The average Bonchev–Trinajstić information content (AvgIpc) is 3.78. The lowest BCUT2D eigenvalue weighted by Gasteiger charge is -2.12. The Labute approximate surface area is 310 Å². The maximum atomic E-state index is 6.70. The van der Waals surface area contributed by atoms with E-state index in [-0.39, 0.29) is 0 Å². The summed E-state index contributed by atoms with van der Waals surface area (Å²) in [5.74, 6) is 1.98. The van der Waals surface area contributed by atoms with Gasteiger partial charge in [0, 0.05) is 49.8 Å². The highest BCUT2D eigenvalue weighted by Gasteiger charge is 2.20. The molecule has 7 aromatic carbocycles. The molecule has 0 spiro atoms. The lowest BCUT2D eigenvalue weighted by Crippen LogP contribution is -2.27. The van der Waals surface area contributed by atoms with Crippen molar-refractivity contribution in [1.29, 1.82) is 0 Å². The van der Waals surface area contributed by atoms with E-state index in [1.165, 1.54) is 38.1 Å². The Bertz CT molecular complexity index is 3200. The summed E-state index contributed by atoms with van der Waals surface area (Å²) in [5, 5.41) is 7.04. The van der Waals surface area contributed by atoms with E-state index in [0.717, 1.165) is 62.4 Å². The number of benzene rings is 7. The molecule has 0 fully saturated rings. The normalized spacial score (nSPS) is 12.8. The molecule has 0 N–H and O–H groups in total. The second kappa shape index (κ2) is 12.2. The van der Waals surface area contributed by atoms with Crippen molar-refractivity contribution in [3.8, 4) is 39.6 Å². The maximum Gasteiger partial charge on any atom is 0.164 e. The first-order valence-electron chi connectivity index (χ1n) is 18.4. The largest absolute Gasteiger partial charge is 0.456 e. The van der Waals surface area contributed by atoms with Crippen molar-refractivity contribution >= 4 is 55.2 Å². The second-order valence-corrected chi connectivity index (χ2v) is 13.9. The highest BCUT2D eigenvalue weighted by Crippen LogP contribution is 2.36. The summed E-state index contributed by atoms with van der Waals surface area (Å²) in [6.45, 7) is 0. The van der Waals surface area contributed by atoms with Crippen molar-refractivity contribution < 1.29 is 4.42 Å². The van der Waals surface area contributed by atoms with Gasteiger partial charge in [0.15, 0.2) is 17.5 Å². The van der Waals surface area contributed by atoms with Crippen LogP contribution in [0.5, 0.6) is 0 Å². The molecular weight excluding hydrogens is 661 g/mol. The van der Waals surface area contributed by atoms with Crippen LogP contribution in [0.15, 0.2) is 168 Å². The molecule has 3 aromatic heterocycles. The lowest BCUT2D eigenvalue weighted by atomic mass is 10.00. The molecule has 0 saturated heterocycles. The summed E-state index contributed by atoms with van der Waals surface area (Å²) in [5.41, 5.74) is 10.4. The first-order valence-corrected chi connectivity index (χ1v) is 18.4. The molecule has 5 nitrogen and oxygen atoms in total. The molecule has 0 atom stereocenters. The van der Waals surface area contributed by atoms with Gasteiger partial charge in [0.05, 0.1) is 11.0 Å². The molecule has 0 bridgehead atoms. The van der Waals surface area contributed by atoms with Gasteiger partial charge >= 0.3 is 0 Å². The Morgan fingerprint density at radius 1 is 0.463 bits per heavy atom. The molecule has 11 rings (SSSR count). The minimum Gasteiger partial charge on any atom is -0.456 e. The number of rotatable bonds is 5. The Morgan fingerprint density at radius 2 is 1.07 bits per heavy atom. The van der Waals surface area contributed by atoms with E-state index in [4.69, 9.17) is 19.4 Å². The van der Waals surface area contributed by atoms with E-state index in [0.29, 0.717) is 17.5 Å². The van der Waals surface area contributed by atoms with E-state index in [1.807, 2.05) is 24.3 Å². The predicted molar refractivity (Wildman–Crippen MR) is 220 cm³/mol. The molecule has 1 aliphatic carbocycles. The van der Waals surface area contributed by atoms with Crippen LogP contribution in [-0.4, -0.2) is 19.5 Å². The third kappa shape index (κ3) is 4.97. The molecule has 54 heavy (non-hydrogen) atoms. The molecule has 10 aromatic rings. The Kier molecular flexibility index (Phi) is 6.92. The Balaban J connectivity index is 1.09. The van der Waals surface area contributed by atoms with Crippen LogP contribution in [0.2, 0.25) is 0 Å². The minimum atomic E-state index is 0.649. The lowest BCUT2D eigenvalue weighted by molar-refractivity contribution is 0.571. The van der Waals surface area contributed by atoms with Crippen molar-refractivity contribution in [3.63, 3.8) is 0 Å². The van der Waals surface area contributed by atoms with E-state index in [1.54, 1.807) is 0 Å². The van der Waals surface area contributed by atoms with Crippen LogP contribution in [0, 0.1) is 0 Å². The summed E-state index contributed by atoms with van der Waals surface area (Å²) in [7, 11) is 0. The first kappa shape index (κ1) is 30.5. The highest BCUT2D eigenvalue weighted by molar-refractivity contribution is 6.13. The van der Waals surface area contributed by atoms with Gasteiger partial charge in [0.25, 0.3) is 0 Å². The zero-order chi connectivity index (χ0) is 35.6. The summed E-state index contributed by atoms with van der Waals surface area (Å²) in [4.78, 5) is 15.3. The van der Waals surface area contributed by atoms with Gasteiger partial charge in [-0.1, -0.05) is 127 Å². The SMILES string of the molecule is C1=c2oc3cc(-n4c5ccccc5c5cc6ccccc6cc54)ccc3c2=C(c2nc(-c3ccccc3)nc(-c3ccc(-c4ccccc4)cc3)n2)CC1. The van der Waals surface area contributed by atoms with Gasteiger partial charge in [-0.2, -0.15) is 0 Å². The molecule has 0 saturated carbocycles. The number of para-hydroxylation sites is 1. The van der Waals surface area contributed by atoms with Crippen LogP contribution in [-0.2, 0) is 0 Å². The van der Waals surface area contributed by atoms with Crippen molar-refractivity contribution in [2.24, 2.45) is 0 Å². The first-order chi connectivity index (χ1) is 26.7. The van der Waals surface area contributed by atoms with Crippen LogP contribution < -0.4 is 10.6 Å². The van der Waals surface area contributed by atoms with Crippen LogP contribution in [0.1, 0.15) is 18.7 Å². The maximum absolute atomic E-state index is 6.70. The zero-order valence-corrected chi connectivity index (χ0v) is 29.3. The zero-order valence-electron chi connectivity index (χ0n) is 29.3. The number of fused-ring (bicyclic) bond motifs is 7. The average molecular weight is 693 g/mol. The summed E-state index contributed by atoms with van der Waals surface area (Å²) < 4.78 is 9.06. The number of hydrogen-bond donors (Lipinski definition) is 0. The Hall–Kier alpha value is -7.11. The van der Waals surface area contributed by atoms with Crippen LogP contribution >= 0.6 is 0 Å². The van der Waals surface area contributed by atoms with Gasteiger partial charge in [-0.15, -0.1) is 0 Å². The molecular formula is C49H32N4O. The predicted octanol–water partition coefficient (Wildman–Crippen LogP) is 10.6. The van der Waals surface area contributed by atoms with E-state index in [9.17, 15) is 0 Å². The van der Waals surface area contributed by atoms with Crippen molar-refractivity contribution in [1.82, 2.24) is 19.5 Å². The van der Waals surface area contributed by atoms with Gasteiger partial charge in [-0.25, -0.2) is 15.0 Å². The van der Waals surface area contributed by atoms with Crippen LogP contribution in [0.4, 0.5) is 0 Å². The molecule has 0 aliphatic heterocycles. The molecule has 254 valence electrons. The number of hydrogen-bond acceptors (Lipinski definition) is 4. The number of aromatic nitrogens is 4. The van der Waals surface area contributed by atoms with E-state index < -0.39 is 0 Å². The second-order valence-electron chi connectivity index (χ2n) is 13.9. The standard InChI is InChI=1S/C49H32N4O/c1-3-12-31(13-4-1)32-22-24-34(25-23-32)48-50-47(33-14-5-2-6-15-33)51-49(52-48)40-19-11-21-44-46(40)39-27-26-37(30-45(39)54-44)53-42-20-10-9-18-38(42)41-28-35-16-7-8-17-36(35)29-43(41)53/h1-10,12-18,20-30H,11,19H2. The molecule has 0 amide bonds. The number of furan rings is 1. The highest BCUT2D eigenvalue weighted by atomic mass is 16.3. The topological polar surface area (TPSA) is 56.7 Å². The van der Waals surface area contributed by atoms with Crippen molar-refractivity contribution in [3.05, 3.63) is 180 Å².